The Balaban J connectivity index is 2.13. The van der Waals surface area contributed by atoms with Crippen LogP contribution in [0.4, 0.5) is 0 Å². The molecular weight excluding hydrogens is 287 g/mol. The first kappa shape index (κ1) is 13.6. The second-order valence-corrected chi connectivity index (χ2v) is 4.58. The third kappa shape index (κ3) is 3.36. The van der Waals surface area contributed by atoms with Crippen molar-refractivity contribution in [2.45, 2.75) is 6.92 Å². The maximum Gasteiger partial charge on any atom is 0.307 e. The van der Waals surface area contributed by atoms with E-state index in [1.807, 2.05) is 0 Å². The second-order valence-electron chi connectivity index (χ2n) is 3.74. The molecule has 6 heteroatoms. The molecule has 2 aromatic rings. The number of hydrogen-bond donors (Lipinski definition) is 1. The number of benzene rings is 1. The zero-order valence-corrected chi connectivity index (χ0v) is 11.5. The molecule has 1 N–H and O–H groups in total. The van der Waals surface area contributed by atoms with E-state index >= 15 is 0 Å². The van der Waals surface area contributed by atoms with Gasteiger partial charge in [-0.3, -0.25) is 4.79 Å². The molecule has 0 fully saturated rings. The molecular formula is C13H10Cl2N2O2. The van der Waals surface area contributed by atoms with Gasteiger partial charge in [0.15, 0.2) is 5.76 Å². The van der Waals surface area contributed by atoms with Crippen LogP contribution in [-0.2, 0) is 0 Å². The van der Waals surface area contributed by atoms with E-state index in [0.29, 0.717) is 21.3 Å². The lowest BCUT2D eigenvalue weighted by Crippen LogP contribution is -2.18. The summed E-state index contributed by atoms with van der Waals surface area (Å²) in [7, 11) is 0. The third-order valence-electron chi connectivity index (χ3n) is 2.39. The van der Waals surface area contributed by atoms with Gasteiger partial charge >= 0.3 is 5.91 Å². The highest BCUT2D eigenvalue weighted by atomic mass is 35.5. The zero-order valence-electron chi connectivity index (χ0n) is 9.98. The summed E-state index contributed by atoms with van der Waals surface area (Å²) in [5.41, 5.74) is 3.66. The summed E-state index contributed by atoms with van der Waals surface area (Å²) in [6.07, 6.45) is 1.42. The fourth-order valence-corrected chi connectivity index (χ4v) is 1.99. The molecule has 1 aromatic heterocycles. The number of carbonyl (C=O) groups is 1. The Bertz CT molecular complexity index is 622. The number of nitrogens with one attached hydrogen (secondary N) is 1. The molecule has 98 valence electrons. The molecule has 0 spiro atoms. The van der Waals surface area contributed by atoms with Crippen molar-refractivity contribution in [3.63, 3.8) is 0 Å². The third-order valence-corrected chi connectivity index (χ3v) is 2.94. The van der Waals surface area contributed by atoms with E-state index in [-0.39, 0.29) is 5.76 Å². The maximum absolute atomic E-state index is 11.6. The Morgan fingerprint density at radius 1 is 1.32 bits per heavy atom. The van der Waals surface area contributed by atoms with Crippen LogP contribution >= 0.6 is 23.2 Å². The molecule has 0 unspecified atom stereocenters. The molecule has 1 aromatic carbocycles. The van der Waals surface area contributed by atoms with Crippen LogP contribution in [0.3, 0.4) is 0 Å². The van der Waals surface area contributed by atoms with Crippen molar-refractivity contribution in [1.29, 1.82) is 0 Å². The molecule has 0 atom stereocenters. The minimum absolute atomic E-state index is 0.193. The molecule has 1 amide bonds. The number of halogens is 2. The molecule has 0 aliphatic rings. The molecule has 19 heavy (non-hydrogen) atoms. The Labute approximate surface area is 120 Å². The molecule has 0 bridgehead atoms. The standard InChI is InChI=1S/C13H10Cl2N2O2/c1-8(10-5-4-9(14)7-11(10)15)16-17-13(18)12-3-2-6-19-12/h2-7H,1H3,(H,17,18)/b16-8-. The van der Waals surface area contributed by atoms with Crippen molar-refractivity contribution >= 4 is 34.8 Å². The number of hydrazone groups is 1. The lowest BCUT2D eigenvalue weighted by atomic mass is 10.1. The van der Waals surface area contributed by atoms with Crippen LogP contribution in [0.15, 0.2) is 46.1 Å². The van der Waals surface area contributed by atoms with Crippen LogP contribution < -0.4 is 5.43 Å². The highest BCUT2D eigenvalue weighted by Crippen LogP contribution is 2.21. The summed E-state index contributed by atoms with van der Waals surface area (Å²) in [5.74, 6) is -0.229. The molecule has 0 aliphatic carbocycles. The van der Waals surface area contributed by atoms with Gasteiger partial charge in [-0.25, -0.2) is 5.43 Å². The summed E-state index contributed by atoms with van der Waals surface area (Å²) in [4.78, 5) is 11.6. The second kappa shape index (κ2) is 5.91. The van der Waals surface area contributed by atoms with Crippen LogP contribution in [0.1, 0.15) is 23.0 Å². The number of carbonyl (C=O) groups excluding carboxylic acids is 1. The van der Waals surface area contributed by atoms with E-state index in [2.05, 4.69) is 10.5 Å². The topological polar surface area (TPSA) is 54.6 Å². The van der Waals surface area contributed by atoms with E-state index in [0.717, 1.165) is 0 Å². The largest absolute Gasteiger partial charge is 0.459 e. The molecule has 2 rings (SSSR count). The predicted octanol–water partition coefficient (Wildman–Crippen LogP) is 3.74. The number of hydrogen-bond acceptors (Lipinski definition) is 3. The smallest absolute Gasteiger partial charge is 0.307 e. The van der Waals surface area contributed by atoms with Crippen molar-refractivity contribution < 1.29 is 9.21 Å². The van der Waals surface area contributed by atoms with E-state index in [9.17, 15) is 4.79 Å². The molecule has 1 heterocycles. The predicted molar refractivity (Wildman–Crippen MR) is 74.8 cm³/mol. The van der Waals surface area contributed by atoms with Gasteiger partial charge in [0.05, 0.1) is 17.0 Å². The monoisotopic (exact) mass is 296 g/mol. The molecule has 0 saturated heterocycles. The zero-order chi connectivity index (χ0) is 13.8. The minimum atomic E-state index is -0.422. The van der Waals surface area contributed by atoms with Crippen molar-refractivity contribution in [3.05, 3.63) is 58.0 Å². The summed E-state index contributed by atoms with van der Waals surface area (Å²) in [6.45, 7) is 1.73. The van der Waals surface area contributed by atoms with Crippen LogP contribution in [-0.4, -0.2) is 11.6 Å². The highest BCUT2D eigenvalue weighted by molar-refractivity contribution is 6.37. The first-order valence-corrected chi connectivity index (χ1v) is 6.17. The first-order valence-electron chi connectivity index (χ1n) is 5.41. The SMILES string of the molecule is C/C(=N/NC(=O)c1ccco1)c1ccc(Cl)cc1Cl. The summed E-state index contributed by atoms with van der Waals surface area (Å²) < 4.78 is 4.95. The molecule has 4 nitrogen and oxygen atoms in total. The van der Waals surface area contributed by atoms with Crippen LogP contribution in [0, 0.1) is 0 Å². The Kier molecular flexibility index (Phi) is 4.24. The minimum Gasteiger partial charge on any atom is -0.459 e. The molecule has 0 aliphatic heterocycles. The Hall–Kier alpha value is -1.78. The van der Waals surface area contributed by atoms with Crippen LogP contribution in [0.25, 0.3) is 0 Å². The Morgan fingerprint density at radius 3 is 2.74 bits per heavy atom. The van der Waals surface area contributed by atoms with Gasteiger partial charge in [0.2, 0.25) is 0 Å². The number of nitrogens with zero attached hydrogens (tertiary/aromatic N) is 1. The van der Waals surface area contributed by atoms with E-state index in [1.54, 1.807) is 37.3 Å². The van der Waals surface area contributed by atoms with Gasteiger partial charge < -0.3 is 4.42 Å². The molecule has 0 saturated carbocycles. The quantitative estimate of drug-likeness (QED) is 0.693. The number of furan rings is 1. The van der Waals surface area contributed by atoms with Gasteiger partial charge in [0.1, 0.15) is 0 Å². The highest BCUT2D eigenvalue weighted by Gasteiger charge is 2.08. The lowest BCUT2D eigenvalue weighted by molar-refractivity contribution is 0.0927. The maximum atomic E-state index is 11.6. The molecule has 0 radical (unpaired) electrons. The van der Waals surface area contributed by atoms with Gasteiger partial charge in [-0.05, 0) is 31.2 Å². The fraction of sp³-hybridized carbons (Fsp3) is 0.0769. The van der Waals surface area contributed by atoms with Crippen LogP contribution in [0.2, 0.25) is 10.0 Å². The van der Waals surface area contributed by atoms with Crippen molar-refractivity contribution in [3.8, 4) is 0 Å². The van der Waals surface area contributed by atoms with E-state index < -0.39 is 5.91 Å². The summed E-state index contributed by atoms with van der Waals surface area (Å²) in [5, 5.41) is 4.99. The van der Waals surface area contributed by atoms with Gasteiger partial charge in [0.25, 0.3) is 0 Å². The van der Waals surface area contributed by atoms with Crippen molar-refractivity contribution in [1.82, 2.24) is 5.43 Å². The van der Waals surface area contributed by atoms with Gasteiger partial charge in [-0.15, -0.1) is 0 Å². The van der Waals surface area contributed by atoms with Gasteiger partial charge in [-0.1, -0.05) is 29.3 Å². The fourth-order valence-electron chi connectivity index (χ4n) is 1.44. The van der Waals surface area contributed by atoms with Crippen molar-refractivity contribution in [2.24, 2.45) is 5.10 Å². The van der Waals surface area contributed by atoms with Gasteiger partial charge in [-0.2, -0.15) is 5.10 Å². The summed E-state index contributed by atoms with van der Waals surface area (Å²) in [6, 6.07) is 8.24. The number of rotatable bonds is 3. The van der Waals surface area contributed by atoms with Crippen molar-refractivity contribution in [2.75, 3.05) is 0 Å². The normalized spacial score (nSPS) is 11.4. The van der Waals surface area contributed by atoms with E-state index in [1.165, 1.54) is 6.26 Å². The Morgan fingerprint density at radius 2 is 2.11 bits per heavy atom. The van der Waals surface area contributed by atoms with Crippen LogP contribution in [0.5, 0.6) is 0 Å². The first-order chi connectivity index (χ1) is 9.08. The van der Waals surface area contributed by atoms with Gasteiger partial charge in [0, 0.05) is 10.6 Å². The lowest BCUT2D eigenvalue weighted by Gasteiger charge is -2.04. The van der Waals surface area contributed by atoms with E-state index in [4.69, 9.17) is 27.6 Å². The average Bonchev–Trinajstić information content (AvgIpc) is 2.89. The number of amides is 1. The summed E-state index contributed by atoms with van der Waals surface area (Å²) >= 11 is 11.9. The average molecular weight is 297 g/mol.